The van der Waals surface area contributed by atoms with Crippen LogP contribution in [0.5, 0.6) is 5.75 Å². The van der Waals surface area contributed by atoms with E-state index < -0.39 is 0 Å². The van der Waals surface area contributed by atoms with Crippen molar-refractivity contribution < 1.29 is 9.53 Å². The van der Waals surface area contributed by atoms with E-state index >= 15 is 0 Å². The van der Waals surface area contributed by atoms with E-state index in [9.17, 15) is 4.79 Å². The first-order valence-corrected chi connectivity index (χ1v) is 6.46. The van der Waals surface area contributed by atoms with Gasteiger partial charge >= 0.3 is 0 Å². The molecule has 0 spiro atoms. The predicted molar refractivity (Wildman–Crippen MR) is 74.7 cm³/mol. The third-order valence-electron chi connectivity index (χ3n) is 1.82. The molecule has 2 nitrogen and oxygen atoms in total. The minimum absolute atomic E-state index is 0.575. The average Bonchev–Trinajstić information content (AvgIpc) is 2.41. The molecule has 1 aromatic carbocycles. The number of ether oxygens (including phenoxy) is 1. The predicted octanol–water partition coefficient (Wildman–Crippen LogP) is 4.41. The molecular formula is C15H26O2. The second-order valence-corrected chi connectivity index (χ2v) is 2.92. The summed E-state index contributed by atoms with van der Waals surface area (Å²) < 4.78 is 5.48. The maximum atomic E-state index is 10.0. The Kier molecular flexibility index (Phi) is 15.6. The topological polar surface area (TPSA) is 26.3 Å². The Bertz CT molecular complexity index is 269. The van der Waals surface area contributed by atoms with Crippen molar-refractivity contribution in [2.45, 2.75) is 47.5 Å². The largest absolute Gasteiger partial charge is 0.493 e. The van der Waals surface area contributed by atoms with Gasteiger partial charge in [0.15, 0.2) is 0 Å². The van der Waals surface area contributed by atoms with Crippen LogP contribution in [0.1, 0.15) is 46.1 Å². The number of aryl methyl sites for hydroxylation is 1. The quantitative estimate of drug-likeness (QED) is 0.561. The van der Waals surface area contributed by atoms with Crippen LogP contribution >= 0.6 is 0 Å². The molecule has 0 atom stereocenters. The van der Waals surface area contributed by atoms with Gasteiger partial charge < -0.3 is 9.53 Å². The smallest absolute Gasteiger partial charge is 0.122 e. The van der Waals surface area contributed by atoms with Crippen LogP contribution in [0.3, 0.4) is 0 Å². The molecule has 17 heavy (non-hydrogen) atoms. The van der Waals surface area contributed by atoms with Gasteiger partial charge in [-0.25, -0.2) is 0 Å². The number of aldehydes is 1. The number of hydrogen-bond acceptors (Lipinski definition) is 2. The normalized spacial score (nSPS) is 8.06. The summed E-state index contributed by atoms with van der Waals surface area (Å²) in [5, 5.41) is 0. The highest BCUT2D eigenvalue weighted by molar-refractivity contribution is 5.49. The van der Waals surface area contributed by atoms with Crippen LogP contribution in [0.4, 0.5) is 0 Å². The molecule has 0 saturated carbocycles. The van der Waals surface area contributed by atoms with E-state index in [0.29, 0.717) is 13.0 Å². The Hall–Kier alpha value is -1.31. The summed E-state index contributed by atoms with van der Waals surface area (Å²) in [6.45, 7) is 10.6. The molecule has 0 N–H and O–H groups in total. The fourth-order valence-electron chi connectivity index (χ4n) is 1.07. The van der Waals surface area contributed by atoms with Crippen LogP contribution in [-0.4, -0.2) is 12.9 Å². The first-order chi connectivity index (χ1) is 8.34. The van der Waals surface area contributed by atoms with Crippen molar-refractivity contribution in [2.24, 2.45) is 0 Å². The van der Waals surface area contributed by atoms with E-state index in [0.717, 1.165) is 24.0 Å². The molecule has 1 rings (SSSR count). The molecule has 98 valence electrons. The molecule has 2 heteroatoms. The maximum Gasteiger partial charge on any atom is 0.122 e. The molecule has 0 amide bonds. The SMILES string of the molecule is CC.CC.Cc1ccccc1OCCCC=O. The molecule has 0 aliphatic heterocycles. The Morgan fingerprint density at radius 1 is 1.12 bits per heavy atom. The monoisotopic (exact) mass is 238 g/mol. The zero-order valence-electron chi connectivity index (χ0n) is 11.8. The fraction of sp³-hybridized carbons (Fsp3) is 0.533. The molecule has 0 heterocycles. The molecule has 0 fully saturated rings. The second-order valence-electron chi connectivity index (χ2n) is 2.92. The first-order valence-electron chi connectivity index (χ1n) is 6.46. The van der Waals surface area contributed by atoms with Gasteiger partial charge in [0, 0.05) is 6.42 Å². The summed E-state index contributed by atoms with van der Waals surface area (Å²) in [6, 6.07) is 7.88. The van der Waals surface area contributed by atoms with Gasteiger partial charge in [-0.1, -0.05) is 45.9 Å². The van der Waals surface area contributed by atoms with E-state index in [4.69, 9.17) is 4.74 Å². The van der Waals surface area contributed by atoms with Crippen molar-refractivity contribution in [1.82, 2.24) is 0 Å². The molecule has 0 bridgehead atoms. The molecule has 1 aromatic rings. The number of benzene rings is 1. The van der Waals surface area contributed by atoms with Crippen molar-refractivity contribution in [1.29, 1.82) is 0 Å². The van der Waals surface area contributed by atoms with E-state index in [1.807, 2.05) is 58.9 Å². The summed E-state index contributed by atoms with van der Waals surface area (Å²) in [6.07, 6.45) is 2.28. The number of hydrogen-bond donors (Lipinski definition) is 0. The van der Waals surface area contributed by atoms with E-state index in [2.05, 4.69) is 0 Å². The van der Waals surface area contributed by atoms with Crippen LogP contribution in [-0.2, 0) is 4.79 Å². The van der Waals surface area contributed by atoms with E-state index in [1.165, 1.54) is 0 Å². The van der Waals surface area contributed by atoms with E-state index in [1.54, 1.807) is 0 Å². The summed E-state index contributed by atoms with van der Waals surface area (Å²) in [7, 11) is 0. The van der Waals surface area contributed by atoms with E-state index in [-0.39, 0.29) is 0 Å². The lowest BCUT2D eigenvalue weighted by Crippen LogP contribution is -1.98. The lowest BCUT2D eigenvalue weighted by Gasteiger charge is -2.06. The average molecular weight is 238 g/mol. The van der Waals surface area contributed by atoms with Crippen LogP contribution < -0.4 is 4.74 Å². The third kappa shape index (κ3) is 9.61. The van der Waals surface area contributed by atoms with Gasteiger partial charge in [0.25, 0.3) is 0 Å². The maximum absolute atomic E-state index is 10.0. The zero-order chi connectivity index (χ0) is 13.5. The van der Waals surface area contributed by atoms with Crippen LogP contribution in [0.2, 0.25) is 0 Å². The van der Waals surface area contributed by atoms with Crippen LogP contribution in [0, 0.1) is 6.92 Å². The highest BCUT2D eigenvalue weighted by atomic mass is 16.5. The Morgan fingerprint density at radius 2 is 1.71 bits per heavy atom. The molecule has 0 radical (unpaired) electrons. The molecular weight excluding hydrogens is 212 g/mol. The van der Waals surface area contributed by atoms with Crippen molar-refractivity contribution in [3.05, 3.63) is 29.8 Å². The van der Waals surface area contributed by atoms with Gasteiger partial charge in [0.2, 0.25) is 0 Å². The van der Waals surface area contributed by atoms with Gasteiger partial charge in [-0.3, -0.25) is 0 Å². The minimum Gasteiger partial charge on any atom is -0.493 e. The summed E-state index contributed by atoms with van der Waals surface area (Å²) in [4.78, 5) is 10.0. The zero-order valence-corrected chi connectivity index (χ0v) is 11.8. The number of carbonyl (C=O) groups excluding carboxylic acids is 1. The lowest BCUT2D eigenvalue weighted by atomic mass is 10.2. The van der Waals surface area contributed by atoms with Crippen molar-refractivity contribution in [3.63, 3.8) is 0 Å². The van der Waals surface area contributed by atoms with Crippen molar-refractivity contribution in [3.8, 4) is 5.75 Å². The number of unbranched alkanes of at least 4 members (excludes halogenated alkanes) is 1. The van der Waals surface area contributed by atoms with Crippen molar-refractivity contribution in [2.75, 3.05) is 6.61 Å². The first kappa shape index (κ1) is 18.1. The summed E-state index contributed by atoms with van der Waals surface area (Å²) in [5.41, 5.74) is 1.13. The number of rotatable bonds is 5. The molecule has 0 unspecified atom stereocenters. The Morgan fingerprint density at radius 3 is 2.24 bits per heavy atom. The van der Waals surface area contributed by atoms with Crippen molar-refractivity contribution >= 4 is 6.29 Å². The summed E-state index contributed by atoms with van der Waals surface area (Å²) >= 11 is 0. The Balaban J connectivity index is 0. The Labute approximate surface area is 106 Å². The van der Waals surface area contributed by atoms with Crippen LogP contribution in [0.25, 0.3) is 0 Å². The minimum atomic E-state index is 0.575. The molecule has 0 saturated heterocycles. The molecule has 0 aliphatic rings. The number of para-hydroxylation sites is 1. The highest BCUT2D eigenvalue weighted by Crippen LogP contribution is 2.16. The van der Waals surface area contributed by atoms with Gasteiger partial charge in [0.05, 0.1) is 6.61 Å². The molecule has 0 aliphatic carbocycles. The fourth-order valence-corrected chi connectivity index (χ4v) is 1.07. The second kappa shape index (κ2) is 14.7. The van der Waals surface area contributed by atoms with Gasteiger partial charge in [-0.15, -0.1) is 0 Å². The molecule has 0 aromatic heterocycles. The van der Waals surface area contributed by atoms with Gasteiger partial charge in [0.1, 0.15) is 12.0 Å². The van der Waals surface area contributed by atoms with Crippen LogP contribution in [0.15, 0.2) is 24.3 Å². The van der Waals surface area contributed by atoms with Gasteiger partial charge in [-0.05, 0) is 25.0 Å². The third-order valence-corrected chi connectivity index (χ3v) is 1.82. The standard InChI is InChI=1S/C11H14O2.2C2H6/c1-10-6-2-3-7-11(10)13-9-5-4-8-12;2*1-2/h2-3,6-8H,4-5,9H2,1H3;2*1-2H3. The van der Waals surface area contributed by atoms with Gasteiger partial charge in [-0.2, -0.15) is 0 Å². The number of carbonyl (C=O) groups is 1. The highest BCUT2D eigenvalue weighted by Gasteiger charge is 1.96. The lowest BCUT2D eigenvalue weighted by molar-refractivity contribution is -0.108. The summed E-state index contributed by atoms with van der Waals surface area (Å²) in [5.74, 6) is 0.911.